The zero-order chi connectivity index (χ0) is 22.3. The second kappa shape index (κ2) is 11.1. The van der Waals surface area contributed by atoms with E-state index in [1.54, 1.807) is 12.1 Å². The Labute approximate surface area is 182 Å². The summed E-state index contributed by atoms with van der Waals surface area (Å²) < 4.78 is 59.8. The highest BCUT2D eigenvalue weighted by Crippen LogP contribution is 2.39. The van der Waals surface area contributed by atoms with E-state index in [4.69, 9.17) is 4.74 Å². The van der Waals surface area contributed by atoms with Gasteiger partial charge in [-0.15, -0.1) is 0 Å². The molecule has 3 rings (SSSR count). The van der Waals surface area contributed by atoms with Crippen LogP contribution < -0.4 is 0 Å². The minimum absolute atomic E-state index is 0.0758. The molecule has 2 aromatic rings. The largest absolute Gasteiger partial charge is 0.383 e. The Hall–Kier alpha value is -1.88. The van der Waals surface area contributed by atoms with E-state index < -0.39 is 17.7 Å². The summed E-state index contributed by atoms with van der Waals surface area (Å²) in [6, 6.07) is 9.84. The van der Waals surface area contributed by atoms with Gasteiger partial charge in [-0.2, -0.15) is 8.78 Å². The van der Waals surface area contributed by atoms with Crippen molar-refractivity contribution in [3.05, 3.63) is 70.8 Å². The van der Waals surface area contributed by atoms with Gasteiger partial charge < -0.3 is 4.74 Å². The molecule has 0 atom stereocenters. The normalized spacial score (nSPS) is 19.5. The van der Waals surface area contributed by atoms with Crippen LogP contribution in [0.25, 0.3) is 0 Å². The summed E-state index contributed by atoms with van der Waals surface area (Å²) in [6.45, 7) is 1.93. The Bertz CT molecular complexity index is 811. The monoisotopic (exact) mass is 436 g/mol. The lowest BCUT2D eigenvalue weighted by Crippen LogP contribution is -2.20. The summed E-state index contributed by atoms with van der Waals surface area (Å²) in [6.07, 6.45) is 6.52. The number of benzene rings is 2. The Morgan fingerprint density at radius 3 is 2.26 bits per heavy atom. The number of hydrogen-bond acceptors (Lipinski definition) is 1. The first kappa shape index (κ1) is 23.8. The van der Waals surface area contributed by atoms with E-state index in [0.717, 1.165) is 36.5 Å². The first-order valence-corrected chi connectivity index (χ1v) is 11.4. The molecule has 1 nitrogen and oxygen atoms in total. The third-order valence-corrected chi connectivity index (χ3v) is 6.44. The summed E-state index contributed by atoms with van der Waals surface area (Å²) in [7, 11) is 0. The molecular weight excluding hydrogens is 404 g/mol. The first-order chi connectivity index (χ1) is 14.9. The van der Waals surface area contributed by atoms with Gasteiger partial charge in [-0.25, -0.2) is 8.78 Å². The van der Waals surface area contributed by atoms with Gasteiger partial charge in [0.05, 0.1) is 12.2 Å². The van der Waals surface area contributed by atoms with Crippen molar-refractivity contribution in [2.75, 3.05) is 6.61 Å². The second-order valence-electron chi connectivity index (χ2n) is 8.70. The molecule has 0 aliphatic heterocycles. The predicted molar refractivity (Wildman–Crippen MR) is 115 cm³/mol. The molecule has 170 valence electrons. The number of rotatable bonds is 10. The molecule has 0 spiro atoms. The maximum absolute atomic E-state index is 14.4. The van der Waals surface area contributed by atoms with Gasteiger partial charge in [0, 0.05) is 0 Å². The fraction of sp³-hybridized carbons (Fsp3) is 0.538. The molecule has 0 bridgehead atoms. The molecule has 0 heterocycles. The van der Waals surface area contributed by atoms with Crippen LogP contribution in [-0.2, 0) is 17.3 Å². The van der Waals surface area contributed by atoms with Gasteiger partial charge in [0.25, 0.3) is 0 Å². The van der Waals surface area contributed by atoms with Gasteiger partial charge in [0.1, 0.15) is 0 Å². The molecule has 1 aliphatic carbocycles. The number of alkyl halides is 2. The summed E-state index contributed by atoms with van der Waals surface area (Å²) >= 11 is 0. The molecule has 2 aromatic carbocycles. The highest BCUT2D eigenvalue weighted by atomic mass is 19.3. The molecule has 0 unspecified atom stereocenters. The summed E-state index contributed by atoms with van der Waals surface area (Å²) in [4.78, 5) is 0. The van der Waals surface area contributed by atoms with Crippen LogP contribution in [0, 0.1) is 17.6 Å². The lowest BCUT2D eigenvalue weighted by Gasteiger charge is -2.29. The van der Waals surface area contributed by atoms with Crippen molar-refractivity contribution in [1.82, 2.24) is 0 Å². The summed E-state index contributed by atoms with van der Waals surface area (Å²) in [5.41, 5.74) is 1.35. The Kier molecular flexibility index (Phi) is 8.53. The summed E-state index contributed by atoms with van der Waals surface area (Å²) in [5, 5.41) is 0. The topological polar surface area (TPSA) is 9.23 Å². The molecular formula is C26H32F4O. The van der Waals surface area contributed by atoms with Gasteiger partial charge in [-0.05, 0) is 67.2 Å². The van der Waals surface area contributed by atoms with Crippen LogP contribution in [0.15, 0.2) is 42.5 Å². The smallest absolute Gasteiger partial charge is 0.316 e. The second-order valence-corrected chi connectivity index (χ2v) is 8.70. The maximum Gasteiger partial charge on any atom is 0.383 e. The quantitative estimate of drug-likeness (QED) is 0.270. The molecule has 0 aromatic heterocycles. The minimum atomic E-state index is -3.42. The van der Waals surface area contributed by atoms with Crippen molar-refractivity contribution in [3.63, 3.8) is 0 Å². The van der Waals surface area contributed by atoms with E-state index in [1.807, 2.05) is 0 Å². The minimum Gasteiger partial charge on any atom is -0.316 e. The van der Waals surface area contributed by atoms with E-state index in [0.29, 0.717) is 11.5 Å². The highest BCUT2D eigenvalue weighted by Gasteiger charge is 2.33. The Morgan fingerprint density at radius 1 is 0.903 bits per heavy atom. The molecule has 5 heteroatoms. The standard InChI is InChI=1S/C26H32F4O/c1-2-3-4-5-19-6-9-21(10-7-19)22-11-13-23(14-12-22)26(29,30)31-17-16-20-8-15-24(27)25(28)18-20/h8,11-15,18-19,21H,2-7,9-10,16-17H2,1H3. The zero-order valence-electron chi connectivity index (χ0n) is 18.2. The molecule has 0 radical (unpaired) electrons. The van der Waals surface area contributed by atoms with Gasteiger partial charge in [0.15, 0.2) is 11.6 Å². The SMILES string of the molecule is CCCCCC1CCC(c2ccc(C(F)(F)OCCc3ccc(F)c(F)c3)cc2)CC1. The average Bonchev–Trinajstić information content (AvgIpc) is 2.77. The van der Waals surface area contributed by atoms with Crippen LogP contribution in [0.1, 0.15) is 80.9 Å². The van der Waals surface area contributed by atoms with Crippen LogP contribution in [-0.4, -0.2) is 6.61 Å². The molecule has 0 saturated heterocycles. The predicted octanol–water partition coefficient (Wildman–Crippen LogP) is 8.13. The molecule has 0 N–H and O–H groups in total. The summed E-state index contributed by atoms with van der Waals surface area (Å²) in [5.74, 6) is -0.691. The lowest BCUT2D eigenvalue weighted by molar-refractivity contribution is -0.248. The van der Waals surface area contributed by atoms with E-state index in [9.17, 15) is 17.6 Å². The van der Waals surface area contributed by atoms with Crippen molar-refractivity contribution in [2.45, 2.75) is 76.7 Å². The van der Waals surface area contributed by atoms with Crippen LogP contribution in [0.5, 0.6) is 0 Å². The highest BCUT2D eigenvalue weighted by molar-refractivity contribution is 5.27. The van der Waals surface area contributed by atoms with Gasteiger partial charge >= 0.3 is 6.11 Å². The zero-order valence-corrected chi connectivity index (χ0v) is 18.2. The van der Waals surface area contributed by atoms with Gasteiger partial charge in [-0.3, -0.25) is 0 Å². The first-order valence-electron chi connectivity index (χ1n) is 11.4. The van der Waals surface area contributed by atoms with Gasteiger partial charge in [-0.1, -0.05) is 62.9 Å². The Balaban J connectivity index is 1.48. The average molecular weight is 437 g/mol. The number of hydrogen-bond donors (Lipinski definition) is 0. The number of halogens is 4. The van der Waals surface area contributed by atoms with Gasteiger partial charge in [0.2, 0.25) is 0 Å². The van der Waals surface area contributed by atoms with Crippen molar-refractivity contribution < 1.29 is 22.3 Å². The third kappa shape index (κ3) is 6.80. The van der Waals surface area contributed by atoms with E-state index in [1.165, 1.54) is 56.7 Å². The van der Waals surface area contributed by atoms with Crippen LogP contribution in [0.2, 0.25) is 0 Å². The Morgan fingerprint density at radius 2 is 1.61 bits per heavy atom. The molecule has 1 saturated carbocycles. The fourth-order valence-corrected chi connectivity index (χ4v) is 4.49. The fourth-order valence-electron chi connectivity index (χ4n) is 4.49. The molecule has 1 aliphatic rings. The van der Waals surface area contributed by atoms with Crippen LogP contribution >= 0.6 is 0 Å². The maximum atomic E-state index is 14.4. The van der Waals surface area contributed by atoms with E-state index in [2.05, 4.69) is 6.92 Å². The third-order valence-electron chi connectivity index (χ3n) is 6.44. The van der Waals surface area contributed by atoms with Crippen LogP contribution in [0.4, 0.5) is 17.6 Å². The van der Waals surface area contributed by atoms with Crippen molar-refractivity contribution in [2.24, 2.45) is 5.92 Å². The molecule has 1 fully saturated rings. The van der Waals surface area contributed by atoms with Crippen molar-refractivity contribution in [3.8, 4) is 0 Å². The molecule has 0 amide bonds. The van der Waals surface area contributed by atoms with Crippen molar-refractivity contribution >= 4 is 0 Å². The molecule has 31 heavy (non-hydrogen) atoms. The lowest BCUT2D eigenvalue weighted by atomic mass is 9.77. The van der Waals surface area contributed by atoms with E-state index >= 15 is 0 Å². The number of ether oxygens (including phenoxy) is 1. The van der Waals surface area contributed by atoms with E-state index in [-0.39, 0.29) is 18.6 Å². The van der Waals surface area contributed by atoms with Crippen molar-refractivity contribution in [1.29, 1.82) is 0 Å². The number of unbranched alkanes of at least 4 members (excludes halogenated alkanes) is 2. The van der Waals surface area contributed by atoms with Crippen LogP contribution in [0.3, 0.4) is 0 Å².